The molecule has 0 saturated heterocycles. The number of amides is 2. The lowest BCUT2D eigenvalue weighted by molar-refractivity contribution is -0.134. The molecule has 0 spiro atoms. The molecule has 1 aliphatic rings. The van der Waals surface area contributed by atoms with Crippen LogP contribution in [0, 0.1) is 5.92 Å². The van der Waals surface area contributed by atoms with Crippen LogP contribution in [-0.4, -0.2) is 32.3 Å². The lowest BCUT2D eigenvalue weighted by atomic mass is 9.99. The second kappa shape index (κ2) is 6.12. The highest BCUT2D eigenvalue weighted by Crippen LogP contribution is 2.21. The molecule has 0 aliphatic heterocycles. The molecule has 0 bridgehead atoms. The van der Waals surface area contributed by atoms with Gasteiger partial charge in [-0.1, -0.05) is 12.2 Å². The Morgan fingerprint density at radius 1 is 1.44 bits per heavy atom. The largest absolute Gasteiger partial charge is 0.453 e. The van der Waals surface area contributed by atoms with Gasteiger partial charge in [0.25, 0.3) is 5.91 Å². The molecule has 0 aromatic carbocycles. The van der Waals surface area contributed by atoms with Gasteiger partial charge in [0.15, 0.2) is 0 Å². The molecule has 0 saturated carbocycles. The molecule has 2 atom stereocenters. The Balaban J connectivity index is 2.64. The van der Waals surface area contributed by atoms with Gasteiger partial charge in [-0.05, 0) is 12.8 Å². The molecule has 0 fully saturated rings. The average Bonchev–Trinajstić information content (AvgIpc) is 2.78. The maximum atomic E-state index is 11.6. The zero-order chi connectivity index (χ0) is 12.0. The first kappa shape index (κ1) is 12.5. The van der Waals surface area contributed by atoms with Crippen LogP contribution >= 0.6 is 0 Å². The fourth-order valence-electron chi connectivity index (χ4n) is 1.65. The second-order valence-corrected chi connectivity index (χ2v) is 3.45. The number of rotatable bonds is 4. The summed E-state index contributed by atoms with van der Waals surface area (Å²) < 4.78 is 4.47. The van der Waals surface area contributed by atoms with Crippen LogP contribution < -0.4 is 10.8 Å². The van der Waals surface area contributed by atoms with Crippen LogP contribution in [-0.2, 0) is 14.4 Å². The van der Waals surface area contributed by atoms with E-state index in [0.29, 0.717) is 0 Å². The first-order valence-electron chi connectivity index (χ1n) is 5.03. The molecule has 0 radical (unpaired) electrons. The van der Waals surface area contributed by atoms with E-state index in [2.05, 4.69) is 20.4 Å². The number of ether oxygens (including phenoxy) is 1. The zero-order valence-electron chi connectivity index (χ0n) is 9.36. The maximum Gasteiger partial charge on any atom is 0.407 e. The summed E-state index contributed by atoms with van der Waals surface area (Å²) in [6.45, 7) is 0. The highest BCUT2D eigenvalue weighted by Gasteiger charge is 2.29. The highest BCUT2D eigenvalue weighted by atomic mass is 16.6. The molecular weight excluding hydrogens is 212 g/mol. The number of carbonyl (C=O) groups excluding carboxylic acids is 2. The van der Waals surface area contributed by atoms with E-state index in [9.17, 15) is 9.59 Å². The third-order valence-electron chi connectivity index (χ3n) is 2.42. The Morgan fingerprint density at radius 3 is 2.69 bits per heavy atom. The Hall–Kier alpha value is -1.56. The molecular formula is C10H16N2O4. The minimum atomic E-state index is -0.661. The molecule has 90 valence electrons. The summed E-state index contributed by atoms with van der Waals surface area (Å²) in [4.78, 5) is 27.3. The van der Waals surface area contributed by atoms with Crippen LogP contribution in [0.4, 0.5) is 4.79 Å². The van der Waals surface area contributed by atoms with E-state index >= 15 is 0 Å². The first-order valence-corrected chi connectivity index (χ1v) is 5.03. The number of nitrogens with one attached hydrogen (secondary N) is 2. The molecule has 2 N–H and O–H groups in total. The van der Waals surface area contributed by atoms with Crippen molar-refractivity contribution in [3.05, 3.63) is 12.2 Å². The van der Waals surface area contributed by atoms with Crippen molar-refractivity contribution in [2.75, 3.05) is 14.2 Å². The molecule has 1 rings (SSSR count). The van der Waals surface area contributed by atoms with Crippen LogP contribution in [0.1, 0.15) is 12.8 Å². The predicted molar refractivity (Wildman–Crippen MR) is 56.3 cm³/mol. The number of alkyl carbamates (subject to hydrolysis) is 1. The lowest BCUT2D eigenvalue weighted by Crippen LogP contribution is -2.49. The predicted octanol–water partition coefficient (Wildman–Crippen LogP) is 0.355. The molecule has 2 amide bonds. The number of hydroxylamine groups is 1. The van der Waals surface area contributed by atoms with Crippen molar-refractivity contribution < 1.29 is 19.2 Å². The van der Waals surface area contributed by atoms with Crippen molar-refractivity contribution >= 4 is 12.0 Å². The fraction of sp³-hybridized carbons (Fsp3) is 0.600. The summed E-state index contributed by atoms with van der Waals surface area (Å²) in [5.41, 5.74) is 2.21. The maximum absolute atomic E-state index is 11.6. The lowest BCUT2D eigenvalue weighted by Gasteiger charge is -2.21. The van der Waals surface area contributed by atoms with E-state index in [1.165, 1.54) is 14.2 Å². The molecule has 16 heavy (non-hydrogen) atoms. The van der Waals surface area contributed by atoms with Crippen LogP contribution in [0.25, 0.3) is 0 Å². The smallest absolute Gasteiger partial charge is 0.407 e. The summed E-state index contributed by atoms with van der Waals surface area (Å²) in [5, 5.41) is 2.49. The summed E-state index contributed by atoms with van der Waals surface area (Å²) in [5.74, 6) is -0.404. The summed E-state index contributed by atoms with van der Waals surface area (Å²) in [6, 6.07) is -0.661. The minimum Gasteiger partial charge on any atom is -0.453 e. The number of methoxy groups -OCH3 is 1. The monoisotopic (exact) mass is 228 g/mol. The molecule has 1 aliphatic carbocycles. The van der Waals surface area contributed by atoms with Crippen molar-refractivity contribution in [1.82, 2.24) is 10.8 Å². The third-order valence-corrected chi connectivity index (χ3v) is 2.42. The molecule has 0 heterocycles. The summed E-state index contributed by atoms with van der Waals surface area (Å²) >= 11 is 0. The topological polar surface area (TPSA) is 76.7 Å². The summed E-state index contributed by atoms with van der Waals surface area (Å²) in [6.07, 6.45) is 5.00. The van der Waals surface area contributed by atoms with E-state index in [0.717, 1.165) is 12.8 Å². The van der Waals surface area contributed by atoms with Crippen LogP contribution in [0.5, 0.6) is 0 Å². The fourth-order valence-corrected chi connectivity index (χ4v) is 1.65. The molecule has 0 aromatic rings. The van der Waals surface area contributed by atoms with Crippen molar-refractivity contribution in [2.24, 2.45) is 5.92 Å². The molecule has 0 aromatic heterocycles. The van der Waals surface area contributed by atoms with Gasteiger partial charge in [0, 0.05) is 5.92 Å². The highest BCUT2D eigenvalue weighted by molar-refractivity contribution is 5.85. The van der Waals surface area contributed by atoms with Gasteiger partial charge in [-0.3, -0.25) is 9.63 Å². The van der Waals surface area contributed by atoms with Crippen molar-refractivity contribution in [2.45, 2.75) is 18.9 Å². The van der Waals surface area contributed by atoms with Gasteiger partial charge in [-0.15, -0.1) is 0 Å². The van der Waals surface area contributed by atoms with Crippen LogP contribution in [0.2, 0.25) is 0 Å². The molecule has 2 unspecified atom stereocenters. The quantitative estimate of drug-likeness (QED) is 0.538. The van der Waals surface area contributed by atoms with E-state index in [-0.39, 0.29) is 11.8 Å². The Labute approximate surface area is 93.9 Å². The van der Waals surface area contributed by atoms with Crippen LogP contribution in [0.3, 0.4) is 0 Å². The molecule has 6 heteroatoms. The number of carbonyl (C=O) groups is 2. The van der Waals surface area contributed by atoms with E-state index < -0.39 is 12.1 Å². The Kier molecular flexibility index (Phi) is 4.78. The minimum absolute atomic E-state index is 0.0192. The number of hydrogen-bond donors (Lipinski definition) is 2. The van der Waals surface area contributed by atoms with Crippen molar-refractivity contribution in [1.29, 1.82) is 0 Å². The first-order chi connectivity index (χ1) is 7.69. The van der Waals surface area contributed by atoms with Gasteiger partial charge in [-0.2, -0.15) is 0 Å². The van der Waals surface area contributed by atoms with Gasteiger partial charge >= 0.3 is 6.09 Å². The van der Waals surface area contributed by atoms with E-state index in [1.54, 1.807) is 0 Å². The van der Waals surface area contributed by atoms with Gasteiger partial charge in [-0.25, -0.2) is 10.3 Å². The Morgan fingerprint density at radius 2 is 2.19 bits per heavy atom. The zero-order valence-corrected chi connectivity index (χ0v) is 9.36. The molecule has 6 nitrogen and oxygen atoms in total. The van der Waals surface area contributed by atoms with Crippen LogP contribution in [0.15, 0.2) is 12.2 Å². The second-order valence-electron chi connectivity index (χ2n) is 3.45. The normalized spacial score (nSPS) is 20.2. The third kappa shape index (κ3) is 3.23. The van der Waals surface area contributed by atoms with Gasteiger partial charge < -0.3 is 10.1 Å². The number of hydrogen-bond acceptors (Lipinski definition) is 4. The average molecular weight is 228 g/mol. The van der Waals surface area contributed by atoms with Gasteiger partial charge in [0.2, 0.25) is 0 Å². The Bertz CT molecular complexity index is 291. The van der Waals surface area contributed by atoms with E-state index in [4.69, 9.17) is 0 Å². The van der Waals surface area contributed by atoms with Crippen molar-refractivity contribution in [3.63, 3.8) is 0 Å². The van der Waals surface area contributed by atoms with Gasteiger partial charge in [0.05, 0.1) is 14.2 Å². The van der Waals surface area contributed by atoms with Crippen molar-refractivity contribution in [3.8, 4) is 0 Å². The van der Waals surface area contributed by atoms with Gasteiger partial charge in [0.1, 0.15) is 6.04 Å². The number of allylic oxidation sites excluding steroid dienone is 1. The standard InChI is InChI=1S/C10H16N2O4/c1-15-10(14)11-8(9(13)12-16-2)7-5-3-4-6-7/h3,5,7-8H,4,6H2,1-2H3,(H,11,14)(H,12,13). The SMILES string of the molecule is CONC(=O)C(NC(=O)OC)C1C=CCC1. The summed E-state index contributed by atoms with van der Waals surface area (Å²) in [7, 11) is 2.60. The van der Waals surface area contributed by atoms with E-state index in [1.807, 2.05) is 12.2 Å².